The topological polar surface area (TPSA) is 77.1 Å². The number of aromatic nitrogens is 3. The number of H-pyrrole nitrogens is 1. The van der Waals surface area contributed by atoms with Crippen molar-refractivity contribution in [3.05, 3.63) is 65.4 Å². The van der Waals surface area contributed by atoms with Crippen LogP contribution in [0.1, 0.15) is 28.5 Å². The van der Waals surface area contributed by atoms with Crippen LogP contribution in [0.25, 0.3) is 0 Å². The largest absolute Gasteiger partial charge is 0.368 e. The Balaban J connectivity index is 1.40. The minimum absolute atomic E-state index is 0.102. The quantitative estimate of drug-likeness (QED) is 0.698. The normalized spacial score (nSPS) is 14.1. The van der Waals surface area contributed by atoms with E-state index in [1.807, 2.05) is 17.0 Å². The number of hydrogen-bond donors (Lipinski definition) is 2. The zero-order valence-corrected chi connectivity index (χ0v) is 16.9. The number of aryl methyl sites for hydroxylation is 2. The number of nitrogens with zero attached hydrogens (tertiary/aromatic N) is 4. The smallest absolute Gasteiger partial charge is 0.278 e. The van der Waals surface area contributed by atoms with E-state index in [0.29, 0.717) is 24.6 Å². The minimum Gasteiger partial charge on any atom is -0.368 e. The number of nitrogens with one attached hydrogen (secondary N) is 2. The number of anilines is 3. The molecule has 0 atom stereocenters. The molecule has 29 heavy (non-hydrogen) atoms. The third-order valence-corrected chi connectivity index (χ3v) is 5.34. The van der Waals surface area contributed by atoms with Gasteiger partial charge in [0.1, 0.15) is 0 Å². The van der Waals surface area contributed by atoms with Crippen molar-refractivity contribution in [1.82, 2.24) is 20.3 Å². The predicted octanol–water partition coefficient (Wildman–Crippen LogP) is 3.38. The van der Waals surface area contributed by atoms with E-state index < -0.39 is 0 Å². The lowest BCUT2D eigenvalue weighted by Crippen LogP contribution is -2.49. The van der Waals surface area contributed by atoms with Crippen molar-refractivity contribution < 1.29 is 4.79 Å². The average molecular weight is 390 g/mol. The lowest BCUT2D eigenvalue weighted by molar-refractivity contribution is 0.0742. The summed E-state index contributed by atoms with van der Waals surface area (Å²) in [6.45, 7) is 7.12. The van der Waals surface area contributed by atoms with Gasteiger partial charge in [0, 0.05) is 37.6 Å². The molecule has 1 aliphatic rings. The number of carbonyl (C=O) groups excluding carboxylic acids is 1. The van der Waals surface area contributed by atoms with Gasteiger partial charge in [0.15, 0.2) is 11.5 Å². The van der Waals surface area contributed by atoms with Gasteiger partial charge in [-0.2, -0.15) is 5.21 Å². The van der Waals surface area contributed by atoms with Crippen LogP contribution in [-0.4, -0.2) is 52.4 Å². The van der Waals surface area contributed by atoms with Crippen LogP contribution >= 0.6 is 0 Å². The first kappa shape index (κ1) is 19.0. The molecule has 3 aromatic rings. The Labute approximate surface area is 170 Å². The van der Waals surface area contributed by atoms with E-state index in [4.69, 9.17) is 0 Å². The average Bonchev–Trinajstić information content (AvgIpc) is 3.22. The van der Waals surface area contributed by atoms with E-state index in [2.05, 4.69) is 75.9 Å². The zero-order chi connectivity index (χ0) is 20.2. The summed E-state index contributed by atoms with van der Waals surface area (Å²) < 4.78 is 0. The van der Waals surface area contributed by atoms with Crippen LogP contribution < -0.4 is 10.2 Å². The molecular weight excluding hydrogens is 364 g/mol. The second kappa shape index (κ2) is 8.34. The molecular formula is C22H26N6O. The number of amides is 1. The molecule has 1 aliphatic heterocycles. The highest BCUT2D eigenvalue weighted by atomic mass is 16.2. The highest BCUT2D eigenvalue weighted by molar-refractivity contribution is 5.97. The van der Waals surface area contributed by atoms with Crippen LogP contribution in [0.2, 0.25) is 0 Å². The van der Waals surface area contributed by atoms with Crippen molar-refractivity contribution in [2.24, 2.45) is 0 Å². The van der Waals surface area contributed by atoms with Crippen molar-refractivity contribution in [2.45, 2.75) is 20.3 Å². The third-order valence-electron chi connectivity index (χ3n) is 5.34. The molecule has 0 spiro atoms. The maximum atomic E-state index is 13.0. The standard InChI is InChI=1S/C22H26N6O/c1-3-17-6-8-18(9-7-17)23-21-20(24-26-25-21)22(29)28-14-12-27(13-15-28)19-10-4-16(2)5-11-19/h4-11H,3,12-15H2,1-2H3,(H2,23,24,25,26). The fourth-order valence-electron chi connectivity index (χ4n) is 3.50. The lowest BCUT2D eigenvalue weighted by Gasteiger charge is -2.35. The van der Waals surface area contributed by atoms with Crippen LogP contribution in [0.15, 0.2) is 48.5 Å². The molecule has 7 heteroatoms. The van der Waals surface area contributed by atoms with Gasteiger partial charge in [0.05, 0.1) is 0 Å². The van der Waals surface area contributed by atoms with Gasteiger partial charge in [-0.3, -0.25) is 4.79 Å². The Bertz CT molecular complexity index is 956. The van der Waals surface area contributed by atoms with Crippen LogP contribution in [-0.2, 0) is 6.42 Å². The van der Waals surface area contributed by atoms with E-state index in [9.17, 15) is 4.79 Å². The van der Waals surface area contributed by atoms with E-state index in [0.717, 1.165) is 25.2 Å². The SMILES string of the molecule is CCc1ccc(Nc2n[nH]nc2C(=O)N2CCN(c3ccc(C)cc3)CC2)cc1. The van der Waals surface area contributed by atoms with Gasteiger partial charge in [0.25, 0.3) is 5.91 Å². The molecule has 1 fully saturated rings. The molecule has 0 saturated carbocycles. The van der Waals surface area contributed by atoms with Crippen LogP contribution in [0.5, 0.6) is 0 Å². The Kier molecular flexibility index (Phi) is 5.46. The Hall–Kier alpha value is -3.35. The summed E-state index contributed by atoms with van der Waals surface area (Å²) in [5.74, 6) is 0.357. The lowest BCUT2D eigenvalue weighted by atomic mass is 10.1. The summed E-state index contributed by atoms with van der Waals surface area (Å²) >= 11 is 0. The number of aromatic amines is 1. The third kappa shape index (κ3) is 4.23. The summed E-state index contributed by atoms with van der Waals surface area (Å²) in [4.78, 5) is 17.2. The van der Waals surface area contributed by atoms with Crippen LogP contribution in [0.3, 0.4) is 0 Å². The minimum atomic E-state index is -0.102. The van der Waals surface area contributed by atoms with E-state index in [1.54, 1.807) is 0 Å². The number of carbonyl (C=O) groups is 1. The summed E-state index contributed by atoms with van der Waals surface area (Å²) in [6.07, 6.45) is 0.989. The maximum absolute atomic E-state index is 13.0. The second-order valence-corrected chi connectivity index (χ2v) is 7.31. The van der Waals surface area contributed by atoms with Gasteiger partial charge < -0.3 is 15.1 Å². The molecule has 2 aromatic carbocycles. The van der Waals surface area contributed by atoms with E-state index in [-0.39, 0.29) is 5.91 Å². The Morgan fingerprint density at radius 1 is 1.00 bits per heavy atom. The molecule has 2 N–H and O–H groups in total. The van der Waals surface area contributed by atoms with E-state index in [1.165, 1.54) is 16.8 Å². The number of rotatable bonds is 5. The summed E-state index contributed by atoms with van der Waals surface area (Å²) in [6, 6.07) is 16.6. The second-order valence-electron chi connectivity index (χ2n) is 7.31. The molecule has 1 aromatic heterocycles. The Morgan fingerprint density at radius 2 is 1.69 bits per heavy atom. The van der Waals surface area contributed by atoms with Crippen LogP contribution in [0, 0.1) is 6.92 Å². The molecule has 7 nitrogen and oxygen atoms in total. The van der Waals surface area contributed by atoms with Gasteiger partial charge in [-0.15, -0.1) is 10.2 Å². The van der Waals surface area contributed by atoms with Crippen molar-refractivity contribution in [3.8, 4) is 0 Å². The van der Waals surface area contributed by atoms with Crippen molar-refractivity contribution >= 4 is 23.1 Å². The number of benzene rings is 2. The first-order valence-electron chi connectivity index (χ1n) is 10.0. The molecule has 2 heterocycles. The summed E-state index contributed by atoms with van der Waals surface area (Å²) in [5.41, 5.74) is 4.92. The first-order chi connectivity index (χ1) is 14.1. The van der Waals surface area contributed by atoms with Crippen molar-refractivity contribution in [1.29, 1.82) is 0 Å². The van der Waals surface area contributed by atoms with Gasteiger partial charge >= 0.3 is 0 Å². The molecule has 4 rings (SSSR count). The van der Waals surface area contributed by atoms with E-state index >= 15 is 0 Å². The molecule has 0 radical (unpaired) electrons. The van der Waals surface area contributed by atoms with Crippen molar-refractivity contribution in [3.63, 3.8) is 0 Å². The highest BCUT2D eigenvalue weighted by Crippen LogP contribution is 2.21. The molecule has 150 valence electrons. The van der Waals surface area contributed by atoms with Gasteiger partial charge in [-0.05, 0) is 43.2 Å². The highest BCUT2D eigenvalue weighted by Gasteiger charge is 2.26. The first-order valence-corrected chi connectivity index (χ1v) is 10.0. The van der Waals surface area contributed by atoms with Gasteiger partial charge in [-0.1, -0.05) is 36.8 Å². The molecule has 0 unspecified atom stereocenters. The summed E-state index contributed by atoms with van der Waals surface area (Å²) in [7, 11) is 0. The predicted molar refractivity (Wildman–Crippen MR) is 115 cm³/mol. The van der Waals surface area contributed by atoms with Crippen LogP contribution in [0.4, 0.5) is 17.2 Å². The van der Waals surface area contributed by atoms with Crippen molar-refractivity contribution in [2.75, 3.05) is 36.4 Å². The van der Waals surface area contributed by atoms with Gasteiger partial charge in [-0.25, -0.2) is 0 Å². The fraction of sp³-hybridized carbons (Fsp3) is 0.318. The molecule has 0 aliphatic carbocycles. The summed E-state index contributed by atoms with van der Waals surface area (Å²) in [5, 5.41) is 14.0. The number of hydrogen-bond acceptors (Lipinski definition) is 5. The molecule has 1 amide bonds. The molecule has 0 bridgehead atoms. The monoisotopic (exact) mass is 390 g/mol. The fourth-order valence-corrected chi connectivity index (χ4v) is 3.50. The Morgan fingerprint density at radius 3 is 2.34 bits per heavy atom. The maximum Gasteiger partial charge on any atom is 0.278 e. The molecule has 1 saturated heterocycles. The number of piperazine rings is 1. The van der Waals surface area contributed by atoms with Gasteiger partial charge in [0.2, 0.25) is 0 Å². The zero-order valence-electron chi connectivity index (χ0n) is 16.9.